The van der Waals surface area contributed by atoms with Crippen molar-refractivity contribution in [2.75, 3.05) is 6.61 Å². The second-order valence-electron chi connectivity index (χ2n) is 14.0. The fraction of sp³-hybridized carbons (Fsp3) is 0.289. The average molecular weight is 769 g/mol. The molecule has 6 nitrogen and oxygen atoms in total. The van der Waals surface area contributed by atoms with Crippen LogP contribution in [0.15, 0.2) is 127 Å². The third kappa shape index (κ3) is 7.34. The van der Waals surface area contributed by atoms with Crippen LogP contribution < -0.4 is 4.74 Å². The van der Waals surface area contributed by atoms with Crippen molar-refractivity contribution < 1.29 is 41.7 Å². The lowest BCUT2D eigenvalue weighted by Gasteiger charge is -2.50. The first-order chi connectivity index (χ1) is 26.7. The maximum atomic E-state index is 15.9. The van der Waals surface area contributed by atoms with E-state index in [2.05, 4.69) is 0 Å². The molecule has 0 aromatic heterocycles. The number of ketones is 2. The Hall–Kier alpha value is -4.80. The summed E-state index contributed by atoms with van der Waals surface area (Å²) in [5, 5.41) is 0.283. The minimum atomic E-state index is -3.29. The predicted molar refractivity (Wildman–Crippen MR) is 202 cm³/mol. The molecular formula is C45H40ClF3O6. The summed E-state index contributed by atoms with van der Waals surface area (Å²) in [7, 11) is 0. The Morgan fingerprint density at radius 1 is 0.709 bits per heavy atom. The van der Waals surface area contributed by atoms with Crippen LogP contribution in [0.4, 0.5) is 13.2 Å². The van der Waals surface area contributed by atoms with Crippen LogP contribution in [-0.2, 0) is 55.5 Å². The standard InChI is InChI=1S/C45H40ClF3O6/c1-2-52-37-21-18-32(23-36(37)47)22-33-24-34(19-20-35(33)46)45-38(50)25-44(42(45)51,43(48)49)40(54-27-30-14-8-4-9-15-30)39(53-26-29-12-6-3-7-13-29)41(45)55-28-31-16-10-5-11-17-31/h3-21,23-24,39-41,43H,2,22,25-28H2,1H3/t39-,40-,41+,44+,45-/m1/s1. The molecule has 7 rings (SSSR count). The highest BCUT2D eigenvalue weighted by molar-refractivity contribution is 6.31. The number of carbonyl (C=O) groups is 2. The molecule has 0 amide bonds. The average Bonchev–Trinajstić information content (AvgIpc) is 3.38. The number of rotatable bonds is 15. The van der Waals surface area contributed by atoms with Gasteiger partial charge in [0, 0.05) is 11.4 Å². The van der Waals surface area contributed by atoms with E-state index in [9.17, 15) is 9.18 Å². The summed E-state index contributed by atoms with van der Waals surface area (Å²) in [6.45, 7) is 1.83. The molecule has 2 aliphatic rings. The molecule has 0 N–H and O–H groups in total. The van der Waals surface area contributed by atoms with Crippen molar-refractivity contribution in [3.63, 3.8) is 0 Å². The largest absolute Gasteiger partial charge is 0.491 e. The molecule has 0 unspecified atom stereocenters. The van der Waals surface area contributed by atoms with Gasteiger partial charge in [-0.05, 0) is 64.9 Å². The smallest absolute Gasteiger partial charge is 0.254 e. The Morgan fingerprint density at radius 3 is 1.82 bits per heavy atom. The van der Waals surface area contributed by atoms with Crippen LogP contribution in [0.2, 0.25) is 5.02 Å². The number of Topliss-reactive ketones (excluding diaryl/α,β-unsaturated/α-hetero) is 2. The maximum absolute atomic E-state index is 15.9. The predicted octanol–water partition coefficient (Wildman–Crippen LogP) is 9.27. The molecule has 0 spiro atoms. The maximum Gasteiger partial charge on any atom is 0.254 e. The van der Waals surface area contributed by atoms with Gasteiger partial charge in [-0.25, -0.2) is 13.2 Å². The van der Waals surface area contributed by atoms with Crippen LogP contribution in [0.5, 0.6) is 5.75 Å². The fourth-order valence-corrected chi connectivity index (χ4v) is 8.16. The van der Waals surface area contributed by atoms with Crippen molar-refractivity contribution in [1.29, 1.82) is 0 Å². The Bertz CT molecular complexity index is 2120. The molecule has 2 saturated carbocycles. The Labute approximate surface area is 323 Å². The van der Waals surface area contributed by atoms with Gasteiger partial charge in [-0.2, -0.15) is 0 Å². The summed E-state index contributed by atoms with van der Waals surface area (Å²) >= 11 is 6.72. The Morgan fingerprint density at radius 2 is 1.27 bits per heavy atom. The van der Waals surface area contributed by atoms with Crippen molar-refractivity contribution in [1.82, 2.24) is 0 Å². The lowest BCUT2D eigenvalue weighted by Crippen LogP contribution is -2.69. The summed E-state index contributed by atoms with van der Waals surface area (Å²) in [6, 6.07) is 36.5. The van der Waals surface area contributed by atoms with E-state index in [1.54, 1.807) is 43.3 Å². The molecule has 5 aromatic rings. The number of carbonyl (C=O) groups excluding carboxylic acids is 2. The molecule has 2 bridgehead atoms. The second-order valence-corrected chi connectivity index (χ2v) is 14.4. The number of hydrogen-bond donors (Lipinski definition) is 0. The van der Waals surface area contributed by atoms with Gasteiger partial charge in [0.2, 0.25) is 0 Å². The van der Waals surface area contributed by atoms with Gasteiger partial charge in [0.25, 0.3) is 6.43 Å². The number of hydrogen-bond acceptors (Lipinski definition) is 6. The summed E-state index contributed by atoms with van der Waals surface area (Å²) in [6.07, 6.45) is -8.25. The van der Waals surface area contributed by atoms with Crippen LogP contribution in [0.25, 0.3) is 0 Å². The molecule has 284 valence electrons. The lowest BCUT2D eigenvalue weighted by molar-refractivity contribution is -0.232. The van der Waals surface area contributed by atoms with Crippen molar-refractivity contribution in [3.05, 3.63) is 172 Å². The van der Waals surface area contributed by atoms with E-state index >= 15 is 13.6 Å². The lowest BCUT2D eigenvalue weighted by atomic mass is 9.60. The number of alkyl halides is 2. The van der Waals surface area contributed by atoms with E-state index in [1.807, 2.05) is 66.7 Å². The van der Waals surface area contributed by atoms with Crippen LogP contribution in [0.1, 0.15) is 46.7 Å². The SMILES string of the molecule is CCOc1ccc(Cc2cc([C@]34C(=O)C[C@@](C(F)F)(C3=O)[C@H](OCc3ccccc3)[C@@H](OCc3ccccc3)[C@@H]4OCc3ccccc3)ccc2Cl)cc1F. The molecule has 0 aliphatic heterocycles. The van der Waals surface area contributed by atoms with Gasteiger partial charge >= 0.3 is 0 Å². The summed E-state index contributed by atoms with van der Waals surface area (Å²) in [5.41, 5.74) is -1.46. The summed E-state index contributed by atoms with van der Waals surface area (Å²) in [4.78, 5) is 30.0. The van der Waals surface area contributed by atoms with Crippen LogP contribution in [0.3, 0.4) is 0 Å². The first kappa shape index (κ1) is 38.5. The Balaban J connectivity index is 1.37. The molecule has 0 saturated heterocycles. The normalized spacial score (nSPS) is 23.3. The zero-order valence-corrected chi connectivity index (χ0v) is 30.9. The molecule has 55 heavy (non-hydrogen) atoms. The van der Waals surface area contributed by atoms with Crippen molar-refractivity contribution in [2.24, 2.45) is 5.41 Å². The molecular weight excluding hydrogens is 729 g/mol. The van der Waals surface area contributed by atoms with E-state index in [-0.39, 0.29) is 49.2 Å². The van der Waals surface area contributed by atoms with E-state index in [0.717, 1.165) is 11.1 Å². The quantitative estimate of drug-likeness (QED) is 0.0990. The van der Waals surface area contributed by atoms with Crippen molar-refractivity contribution in [3.8, 4) is 5.75 Å². The van der Waals surface area contributed by atoms with Gasteiger partial charge in [0.1, 0.15) is 29.1 Å². The molecule has 0 heterocycles. The third-order valence-corrected chi connectivity index (χ3v) is 11.0. The van der Waals surface area contributed by atoms with Crippen molar-refractivity contribution in [2.45, 2.75) is 69.7 Å². The van der Waals surface area contributed by atoms with Gasteiger partial charge in [-0.1, -0.05) is 121 Å². The van der Waals surface area contributed by atoms with Crippen molar-refractivity contribution >= 4 is 23.2 Å². The van der Waals surface area contributed by atoms with E-state index in [1.165, 1.54) is 24.3 Å². The van der Waals surface area contributed by atoms with Crippen LogP contribution in [0, 0.1) is 11.2 Å². The Kier molecular flexibility index (Phi) is 11.6. The summed E-state index contributed by atoms with van der Waals surface area (Å²) in [5.74, 6) is -2.18. The zero-order chi connectivity index (χ0) is 38.6. The van der Waals surface area contributed by atoms with Crippen LogP contribution in [-0.4, -0.2) is 42.9 Å². The zero-order valence-electron chi connectivity index (χ0n) is 30.1. The van der Waals surface area contributed by atoms with Gasteiger partial charge in [-0.3, -0.25) is 9.59 Å². The van der Waals surface area contributed by atoms with Gasteiger partial charge in [0.05, 0.1) is 26.4 Å². The third-order valence-electron chi connectivity index (χ3n) is 10.6. The fourth-order valence-electron chi connectivity index (χ4n) is 7.98. The van der Waals surface area contributed by atoms with Gasteiger partial charge in [0.15, 0.2) is 23.1 Å². The van der Waals surface area contributed by atoms with Gasteiger partial charge in [-0.15, -0.1) is 0 Å². The van der Waals surface area contributed by atoms with Crippen LogP contribution >= 0.6 is 11.6 Å². The first-order valence-electron chi connectivity index (χ1n) is 18.2. The van der Waals surface area contributed by atoms with Gasteiger partial charge < -0.3 is 18.9 Å². The monoisotopic (exact) mass is 768 g/mol. The number of benzene rings is 5. The van der Waals surface area contributed by atoms with E-state index < -0.39 is 59.4 Å². The molecule has 5 atom stereocenters. The van der Waals surface area contributed by atoms with E-state index in [0.29, 0.717) is 16.7 Å². The number of fused-ring (bicyclic) bond motifs is 2. The molecule has 10 heteroatoms. The summed E-state index contributed by atoms with van der Waals surface area (Å²) < 4.78 is 71.8. The second kappa shape index (κ2) is 16.5. The first-order valence-corrected chi connectivity index (χ1v) is 18.6. The highest BCUT2D eigenvalue weighted by Gasteiger charge is 2.79. The molecule has 2 aliphatic carbocycles. The minimum absolute atomic E-state index is 0.0329. The topological polar surface area (TPSA) is 71.1 Å². The molecule has 0 radical (unpaired) electrons. The number of halogens is 4. The molecule has 5 aromatic carbocycles. The van der Waals surface area contributed by atoms with E-state index in [4.69, 9.17) is 30.5 Å². The number of ether oxygens (including phenoxy) is 4. The molecule has 2 fully saturated rings. The minimum Gasteiger partial charge on any atom is -0.491 e. The highest BCUT2D eigenvalue weighted by Crippen LogP contribution is 2.60. The highest BCUT2D eigenvalue weighted by atomic mass is 35.5.